The molecule has 2 heterocycles. The minimum Gasteiger partial charge on any atom is -0.459 e. The zero-order chi connectivity index (χ0) is 21.3. The van der Waals surface area contributed by atoms with Gasteiger partial charge in [0.15, 0.2) is 11.5 Å². The Morgan fingerprint density at radius 2 is 1.83 bits per heavy atom. The van der Waals surface area contributed by atoms with Gasteiger partial charge in [-0.3, -0.25) is 0 Å². The number of aromatic nitrogens is 4. The van der Waals surface area contributed by atoms with Crippen molar-refractivity contribution in [3.63, 3.8) is 0 Å². The Balaban J connectivity index is 1.77. The summed E-state index contributed by atoms with van der Waals surface area (Å²) in [5.41, 5.74) is 10.1. The number of aliphatic hydroxyl groups is 1. The van der Waals surface area contributed by atoms with Gasteiger partial charge >= 0.3 is 6.01 Å². The first kappa shape index (κ1) is 22.0. The van der Waals surface area contributed by atoms with Gasteiger partial charge in [0.2, 0.25) is 0 Å². The van der Waals surface area contributed by atoms with Crippen molar-refractivity contribution in [3.05, 3.63) is 47.3 Å². The Kier molecular flexibility index (Phi) is 8.02. The molecular weight excluding hydrogens is 378 g/mol. The maximum absolute atomic E-state index is 9.26. The first-order chi connectivity index (χ1) is 14.6. The summed E-state index contributed by atoms with van der Waals surface area (Å²) in [6.45, 7) is 4.37. The number of nitrogens with zero attached hydrogens (tertiary/aromatic N) is 4. The van der Waals surface area contributed by atoms with E-state index in [-0.39, 0.29) is 24.5 Å². The monoisotopic (exact) mass is 411 g/mol. The molecule has 0 aliphatic carbocycles. The van der Waals surface area contributed by atoms with E-state index in [0.29, 0.717) is 18.5 Å². The molecule has 30 heavy (non-hydrogen) atoms. The number of anilines is 1. The lowest BCUT2D eigenvalue weighted by atomic mass is 10.0. The molecule has 0 fully saturated rings. The van der Waals surface area contributed by atoms with Gasteiger partial charge in [-0.1, -0.05) is 57.4 Å². The maximum Gasteiger partial charge on any atom is 0.336 e. The van der Waals surface area contributed by atoms with Crippen molar-refractivity contribution in [2.75, 3.05) is 12.3 Å². The Hall–Kier alpha value is -2.67. The first-order valence-electron chi connectivity index (χ1n) is 11.0. The van der Waals surface area contributed by atoms with Gasteiger partial charge in [-0.05, 0) is 30.4 Å². The van der Waals surface area contributed by atoms with E-state index in [9.17, 15) is 5.11 Å². The number of hydrogen-bond acceptors (Lipinski definition) is 6. The number of imidazole rings is 1. The highest BCUT2D eigenvalue weighted by molar-refractivity contribution is 5.59. The molecule has 1 unspecified atom stereocenters. The number of fused-ring (bicyclic) bond motifs is 1. The Bertz CT molecular complexity index is 917. The average molecular weight is 412 g/mol. The number of hydrogen-bond donors (Lipinski definition) is 2. The van der Waals surface area contributed by atoms with Crippen LogP contribution < -0.4 is 10.5 Å². The van der Waals surface area contributed by atoms with Gasteiger partial charge in [0.25, 0.3) is 0 Å². The summed E-state index contributed by atoms with van der Waals surface area (Å²) in [4.78, 5) is 8.64. The highest BCUT2D eigenvalue weighted by atomic mass is 16.5. The fourth-order valence-electron chi connectivity index (χ4n) is 3.59. The molecule has 3 rings (SSSR count). The quantitative estimate of drug-likeness (QED) is 0.438. The number of aliphatic hydroxyl groups excluding tert-OH is 1. The van der Waals surface area contributed by atoms with Crippen molar-refractivity contribution >= 4 is 11.5 Å². The number of aryl methyl sites for hydroxylation is 1. The van der Waals surface area contributed by atoms with Crippen LogP contribution in [0.25, 0.3) is 5.65 Å². The number of unbranched alkanes of at least 4 members (excludes halogenated alkanes) is 2. The number of rotatable bonds is 12. The largest absolute Gasteiger partial charge is 0.459 e. The Morgan fingerprint density at radius 1 is 1.07 bits per heavy atom. The molecule has 0 saturated carbocycles. The van der Waals surface area contributed by atoms with E-state index in [1.54, 1.807) is 10.7 Å². The summed E-state index contributed by atoms with van der Waals surface area (Å²) in [6, 6.07) is 8.96. The molecule has 0 spiro atoms. The molecule has 2 aromatic heterocycles. The zero-order valence-corrected chi connectivity index (χ0v) is 18.0. The van der Waals surface area contributed by atoms with Gasteiger partial charge in [-0.25, -0.2) is 9.50 Å². The van der Waals surface area contributed by atoms with E-state index in [1.165, 1.54) is 30.4 Å². The SMILES string of the molecule is CCCCCc1ccc(Cc2cnc3c(N)nc(OC(CCC)CCO)nn23)cc1. The van der Waals surface area contributed by atoms with Crippen LogP contribution in [0.2, 0.25) is 0 Å². The van der Waals surface area contributed by atoms with Crippen molar-refractivity contribution in [2.24, 2.45) is 0 Å². The van der Waals surface area contributed by atoms with Crippen LogP contribution in [0.3, 0.4) is 0 Å². The van der Waals surface area contributed by atoms with E-state index in [2.05, 4.69) is 53.2 Å². The highest BCUT2D eigenvalue weighted by Crippen LogP contribution is 2.19. The predicted molar refractivity (Wildman–Crippen MR) is 119 cm³/mol. The van der Waals surface area contributed by atoms with Crippen molar-refractivity contribution in [2.45, 2.75) is 71.3 Å². The van der Waals surface area contributed by atoms with E-state index >= 15 is 0 Å². The van der Waals surface area contributed by atoms with Gasteiger partial charge in [-0.2, -0.15) is 4.98 Å². The van der Waals surface area contributed by atoms with Crippen LogP contribution in [-0.4, -0.2) is 37.4 Å². The minimum atomic E-state index is -0.135. The molecule has 7 heteroatoms. The number of nitrogen functional groups attached to an aromatic ring is 1. The molecule has 7 nitrogen and oxygen atoms in total. The topological polar surface area (TPSA) is 98.6 Å². The molecule has 0 saturated heterocycles. The van der Waals surface area contributed by atoms with Crippen LogP contribution in [0.15, 0.2) is 30.5 Å². The third kappa shape index (κ3) is 5.69. The standard InChI is InChI=1S/C23H33N5O2/c1-3-5-6-8-17-9-11-18(12-10-17)15-19-16-25-22-21(24)26-23(27-28(19)22)30-20(7-4-2)13-14-29/h9-12,16,20,29H,3-8,13-15H2,1-2H3,(H2,24,26,27). The highest BCUT2D eigenvalue weighted by Gasteiger charge is 2.16. The molecule has 162 valence electrons. The second kappa shape index (κ2) is 10.9. The van der Waals surface area contributed by atoms with Crippen LogP contribution in [0.4, 0.5) is 5.82 Å². The lowest BCUT2D eigenvalue weighted by Crippen LogP contribution is -2.20. The third-order valence-electron chi connectivity index (χ3n) is 5.25. The summed E-state index contributed by atoms with van der Waals surface area (Å²) in [7, 11) is 0. The molecule has 0 amide bonds. The second-order valence-electron chi connectivity index (χ2n) is 7.76. The fraction of sp³-hybridized carbons (Fsp3) is 0.522. The first-order valence-corrected chi connectivity index (χ1v) is 11.0. The smallest absolute Gasteiger partial charge is 0.336 e. The Morgan fingerprint density at radius 3 is 2.53 bits per heavy atom. The molecule has 1 aromatic carbocycles. The van der Waals surface area contributed by atoms with Crippen LogP contribution in [0.5, 0.6) is 6.01 Å². The second-order valence-corrected chi connectivity index (χ2v) is 7.76. The summed E-state index contributed by atoms with van der Waals surface area (Å²) in [5.74, 6) is 0.289. The molecule has 0 radical (unpaired) electrons. The van der Waals surface area contributed by atoms with Crippen LogP contribution >= 0.6 is 0 Å². The zero-order valence-electron chi connectivity index (χ0n) is 18.0. The summed E-state index contributed by atoms with van der Waals surface area (Å²) in [5, 5.41) is 13.8. The molecule has 0 aliphatic heterocycles. The average Bonchev–Trinajstić information content (AvgIpc) is 3.13. The van der Waals surface area contributed by atoms with E-state index in [1.807, 2.05) is 0 Å². The third-order valence-corrected chi connectivity index (χ3v) is 5.25. The van der Waals surface area contributed by atoms with Crippen LogP contribution in [0.1, 0.15) is 69.2 Å². The van der Waals surface area contributed by atoms with E-state index < -0.39 is 0 Å². The van der Waals surface area contributed by atoms with Crippen LogP contribution in [-0.2, 0) is 12.8 Å². The molecule has 0 aliphatic rings. The van der Waals surface area contributed by atoms with Crippen molar-refractivity contribution in [3.8, 4) is 6.01 Å². The minimum absolute atomic E-state index is 0.0627. The van der Waals surface area contributed by atoms with Crippen LogP contribution in [0, 0.1) is 0 Å². The van der Waals surface area contributed by atoms with Gasteiger partial charge in [0.05, 0.1) is 11.9 Å². The van der Waals surface area contributed by atoms with Crippen molar-refractivity contribution < 1.29 is 9.84 Å². The summed E-state index contributed by atoms with van der Waals surface area (Å²) in [6.07, 6.45) is 9.53. The lowest BCUT2D eigenvalue weighted by molar-refractivity contribution is 0.133. The maximum atomic E-state index is 9.26. The lowest BCUT2D eigenvalue weighted by Gasteiger charge is -2.16. The number of ether oxygens (including phenoxy) is 1. The molecule has 1 atom stereocenters. The van der Waals surface area contributed by atoms with Gasteiger partial charge in [-0.15, -0.1) is 5.10 Å². The van der Waals surface area contributed by atoms with Gasteiger partial charge in [0, 0.05) is 19.4 Å². The normalized spacial score (nSPS) is 12.4. The Labute approximate surface area is 178 Å². The van der Waals surface area contributed by atoms with E-state index in [4.69, 9.17) is 10.5 Å². The molecule has 3 aromatic rings. The summed E-state index contributed by atoms with van der Waals surface area (Å²) >= 11 is 0. The molecular formula is C23H33N5O2. The van der Waals surface area contributed by atoms with E-state index in [0.717, 1.165) is 25.0 Å². The van der Waals surface area contributed by atoms with Gasteiger partial charge < -0.3 is 15.6 Å². The predicted octanol–water partition coefficient (Wildman–Crippen LogP) is 3.96. The molecule has 0 bridgehead atoms. The van der Waals surface area contributed by atoms with Crippen molar-refractivity contribution in [1.82, 2.24) is 19.6 Å². The fourth-order valence-corrected chi connectivity index (χ4v) is 3.59. The number of benzene rings is 1. The van der Waals surface area contributed by atoms with Gasteiger partial charge in [0.1, 0.15) is 6.10 Å². The molecule has 3 N–H and O–H groups in total. The summed E-state index contributed by atoms with van der Waals surface area (Å²) < 4.78 is 7.63. The number of nitrogens with two attached hydrogens (primary N) is 1. The van der Waals surface area contributed by atoms with Crippen molar-refractivity contribution in [1.29, 1.82) is 0 Å².